The van der Waals surface area contributed by atoms with Crippen molar-refractivity contribution in [1.29, 1.82) is 0 Å². The molecule has 0 spiro atoms. The fourth-order valence-corrected chi connectivity index (χ4v) is 2.97. The van der Waals surface area contributed by atoms with Gasteiger partial charge in [0.15, 0.2) is 0 Å². The van der Waals surface area contributed by atoms with Crippen LogP contribution in [0.2, 0.25) is 5.02 Å². The van der Waals surface area contributed by atoms with Crippen LogP contribution in [0.4, 0.5) is 0 Å². The first-order valence-electron chi connectivity index (χ1n) is 7.25. The summed E-state index contributed by atoms with van der Waals surface area (Å²) in [5, 5.41) is 3.77. The molecule has 1 atom stereocenters. The second-order valence-electron chi connectivity index (χ2n) is 5.36. The number of carbonyl (C=O) groups is 1. The van der Waals surface area contributed by atoms with E-state index >= 15 is 0 Å². The highest BCUT2D eigenvalue weighted by atomic mass is 35.5. The lowest BCUT2D eigenvalue weighted by molar-refractivity contribution is -0.125. The smallest absolute Gasteiger partial charge is 0.223 e. The molecule has 1 N–H and O–H groups in total. The molecular formula is C16H18ClN3O. The van der Waals surface area contributed by atoms with Crippen molar-refractivity contribution >= 4 is 17.5 Å². The van der Waals surface area contributed by atoms with E-state index in [0.29, 0.717) is 6.54 Å². The third kappa shape index (κ3) is 3.27. The number of aryl methyl sites for hydroxylation is 1. The van der Waals surface area contributed by atoms with Crippen molar-refractivity contribution in [3.05, 3.63) is 53.1 Å². The Kier molecular flexibility index (Phi) is 4.25. The van der Waals surface area contributed by atoms with Crippen molar-refractivity contribution < 1.29 is 4.79 Å². The van der Waals surface area contributed by atoms with E-state index in [1.807, 2.05) is 30.5 Å². The third-order valence-electron chi connectivity index (χ3n) is 3.97. The zero-order chi connectivity index (χ0) is 14.7. The van der Waals surface area contributed by atoms with Crippen molar-refractivity contribution in [2.75, 3.05) is 6.54 Å². The van der Waals surface area contributed by atoms with Crippen LogP contribution in [0, 0.1) is 5.92 Å². The van der Waals surface area contributed by atoms with Crippen molar-refractivity contribution in [3.63, 3.8) is 0 Å². The number of aromatic nitrogens is 2. The number of hydrogen-bond acceptors (Lipinski definition) is 2. The summed E-state index contributed by atoms with van der Waals surface area (Å²) in [6.07, 6.45) is 6.13. The van der Waals surface area contributed by atoms with E-state index in [0.717, 1.165) is 42.2 Å². The highest BCUT2D eigenvalue weighted by Crippen LogP contribution is 2.19. The van der Waals surface area contributed by atoms with E-state index in [1.54, 1.807) is 6.20 Å². The highest BCUT2D eigenvalue weighted by Gasteiger charge is 2.24. The Morgan fingerprint density at radius 1 is 1.43 bits per heavy atom. The van der Waals surface area contributed by atoms with E-state index in [4.69, 9.17) is 11.6 Å². The number of amides is 1. The lowest BCUT2D eigenvalue weighted by atomic mass is 9.97. The molecule has 0 saturated heterocycles. The first-order chi connectivity index (χ1) is 10.2. The number of rotatable bonds is 4. The lowest BCUT2D eigenvalue weighted by Crippen LogP contribution is -2.36. The molecule has 0 bridgehead atoms. The SMILES string of the molecule is O=C(NCCc1ccccc1Cl)C1CCn2ccnc2C1. The summed E-state index contributed by atoms with van der Waals surface area (Å²) in [6.45, 7) is 1.49. The number of nitrogens with zero attached hydrogens (tertiary/aromatic N) is 2. The maximum Gasteiger partial charge on any atom is 0.223 e. The Bertz CT molecular complexity index is 638. The number of nitrogens with one attached hydrogen (secondary N) is 1. The van der Waals surface area contributed by atoms with Gasteiger partial charge in [0.25, 0.3) is 0 Å². The molecule has 5 heteroatoms. The second kappa shape index (κ2) is 6.31. The summed E-state index contributed by atoms with van der Waals surface area (Å²) in [5.41, 5.74) is 1.07. The maximum absolute atomic E-state index is 12.2. The Balaban J connectivity index is 1.50. The summed E-state index contributed by atoms with van der Waals surface area (Å²) in [7, 11) is 0. The molecule has 0 fully saturated rings. The van der Waals surface area contributed by atoms with Crippen LogP contribution in [0.5, 0.6) is 0 Å². The normalized spacial score (nSPS) is 17.3. The van der Waals surface area contributed by atoms with Crippen LogP contribution in [-0.2, 0) is 24.2 Å². The van der Waals surface area contributed by atoms with Crippen molar-refractivity contribution in [2.24, 2.45) is 5.92 Å². The molecule has 1 aromatic carbocycles. The topological polar surface area (TPSA) is 46.9 Å². The van der Waals surface area contributed by atoms with Gasteiger partial charge in [-0.2, -0.15) is 0 Å². The molecule has 1 aliphatic rings. The molecular weight excluding hydrogens is 286 g/mol. The number of benzene rings is 1. The fraction of sp³-hybridized carbons (Fsp3) is 0.375. The lowest BCUT2D eigenvalue weighted by Gasteiger charge is -2.22. The van der Waals surface area contributed by atoms with Crippen LogP contribution in [-0.4, -0.2) is 22.0 Å². The first-order valence-corrected chi connectivity index (χ1v) is 7.63. The molecule has 0 aliphatic carbocycles. The van der Waals surface area contributed by atoms with Crippen LogP contribution in [0.15, 0.2) is 36.7 Å². The van der Waals surface area contributed by atoms with E-state index in [9.17, 15) is 4.79 Å². The molecule has 1 unspecified atom stereocenters. The maximum atomic E-state index is 12.2. The second-order valence-corrected chi connectivity index (χ2v) is 5.77. The predicted octanol–water partition coefficient (Wildman–Crippen LogP) is 2.46. The molecule has 1 amide bonds. The van der Waals surface area contributed by atoms with Gasteiger partial charge in [0.1, 0.15) is 5.82 Å². The number of fused-ring (bicyclic) bond motifs is 1. The van der Waals surface area contributed by atoms with Crippen molar-refractivity contribution in [2.45, 2.75) is 25.8 Å². The Hall–Kier alpha value is -1.81. The van der Waals surface area contributed by atoms with Gasteiger partial charge in [0.2, 0.25) is 5.91 Å². The van der Waals surface area contributed by atoms with Gasteiger partial charge in [-0.05, 0) is 24.5 Å². The Labute approximate surface area is 129 Å². The molecule has 0 saturated carbocycles. The van der Waals surface area contributed by atoms with Gasteiger partial charge in [-0.25, -0.2) is 4.98 Å². The summed E-state index contributed by atoms with van der Waals surface area (Å²) < 4.78 is 2.12. The number of carbonyl (C=O) groups excluding carboxylic acids is 1. The van der Waals surface area contributed by atoms with Gasteiger partial charge in [0.05, 0.1) is 0 Å². The number of halogens is 1. The van der Waals surface area contributed by atoms with Crippen molar-refractivity contribution in [1.82, 2.24) is 14.9 Å². The summed E-state index contributed by atoms with van der Waals surface area (Å²) >= 11 is 6.11. The molecule has 2 heterocycles. The van der Waals surface area contributed by atoms with E-state index in [-0.39, 0.29) is 11.8 Å². The molecule has 1 aliphatic heterocycles. The summed E-state index contributed by atoms with van der Waals surface area (Å²) in [6, 6.07) is 7.74. The predicted molar refractivity (Wildman–Crippen MR) is 82.2 cm³/mol. The van der Waals surface area contributed by atoms with Gasteiger partial charge in [-0.3, -0.25) is 4.79 Å². The molecule has 110 valence electrons. The van der Waals surface area contributed by atoms with Gasteiger partial charge < -0.3 is 9.88 Å². The van der Waals surface area contributed by atoms with Crippen LogP contribution in [0.25, 0.3) is 0 Å². The largest absolute Gasteiger partial charge is 0.356 e. The molecule has 0 radical (unpaired) electrons. The quantitative estimate of drug-likeness (QED) is 0.943. The standard InChI is InChI=1S/C16H18ClN3O/c17-14-4-2-1-3-12(14)5-7-19-16(21)13-6-9-20-10-8-18-15(20)11-13/h1-4,8,10,13H,5-7,9,11H2,(H,19,21). The summed E-state index contributed by atoms with van der Waals surface area (Å²) in [5.74, 6) is 1.16. The third-order valence-corrected chi connectivity index (χ3v) is 4.34. The minimum Gasteiger partial charge on any atom is -0.356 e. The Morgan fingerprint density at radius 3 is 3.14 bits per heavy atom. The average Bonchev–Trinajstić information content (AvgIpc) is 2.96. The molecule has 2 aromatic rings. The van der Waals surface area contributed by atoms with Crippen LogP contribution in [0.3, 0.4) is 0 Å². The fourth-order valence-electron chi connectivity index (χ4n) is 2.74. The van der Waals surface area contributed by atoms with Gasteiger partial charge in [-0.1, -0.05) is 29.8 Å². The molecule has 1 aromatic heterocycles. The summed E-state index contributed by atoms with van der Waals surface area (Å²) in [4.78, 5) is 16.5. The van der Waals surface area contributed by atoms with E-state index in [2.05, 4.69) is 14.9 Å². The van der Waals surface area contributed by atoms with E-state index < -0.39 is 0 Å². The zero-order valence-electron chi connectivity index (χ0n) is 11.8. The molecule has 21 heavy (non-hydrogen) atoms. The van der Waals surface area contributed by atoms with Crippen molar-refractivity contribution in [3.8, 4) is 0 Å². The first kappa shape index (κ1) is 14.1. The average molecular weight is 304 g/mol. The van der Waals surface area contributed by atoms with Crippen LogP contribution < -0.4 is 5.32 Å². The zero-order valence-corrected chi connectivity index (χ0v) is 12.5. The van der Waals surface area contributed by atoms with Gasteiger partial charge in [0, 0.05) is 42.8 Å². The highest BCUT2D eigenvalue weighted by molar-refractivity contribution is 6.31. The number of hydrogen-bond donors (Lipinski definition) is 1. The monoisotopic (exact) mass is 303 g/mol. The van der Waals surface area contributed by atoms with Gasteiger partial charge >= 0.3 is 0 Å². The Morgan fingerprint density at radius 2 is 2.29 bits per heavy atom. The van der Waals surface area contributed by atoms with E-state index in [1.165, 1.54) is 0 Å². The van der Waals surface area contributed by atoms with Gasteiger partial charge in [-0.15, -0.1) is 0 Å². The molecule has 3 rings (SSSR count). The number of imidazole rings is 1. The van der Waals surface area contributed by atoms with Crippen LogP contribution in [0.1, 0.15) is 17.8 Å². The minimum atomic E-state index is 0.0335. The minimum absolute atomic E-state index is 0.0335. The van der Waals surface area contributed by atoms with Crippen LogP contribution >= 0.6 is 11.6 Å². The molecule has 4 nitrogen and oxygen atoms in total.